The summed E-state index contributed by atoms with van der Waals surface area (Å²) in [6.45, 7) is 4.93. The van der Waals surface area contributed by atoms with Crippen LogP contribution in [-0.2, 0) is 4.79 Å². The van der Waals surface area contributed by atoms with Gasteiger partial charge in [-0.15, -0.1) is 0 Å². The molecule has 0 N–H and O–H groups in total. The lowest BCUT2D eigenvalue weighted by molar-refractivity contribution is -0.134. The molecule has 4 rings (SSSR count). The summed E-state index contributed by atoms with van der Waals surface area (Å²) in [5.74, 6) is 0.255. The zero-order chi connectivity index (χ0) is 23.0. The largest absolute Gasteiger partial charge is 0.484 e. The Balaban J connectivity index is 1.35. The van der Waals surface area contributed by atoms with Crippen LogP contribution in [0.1, 0.15) is 63.9 Å². The number of ether oxygens (including phenoxy) is 1. The topological polar surface area (TPSA) is 63.7 Å². The molecule has 0 aromatic heterocycles. The van der Waals surface area contributed by atoms with Gasteiger partial charge >= 0.3 is 0 Å². The minimum Gasteiger partial charge on any atom is -0.484 e. The van der Waals surface area contributed by atoms with Crippen LogP contribution in [0.5, 0.6) is 5.75 Å². The number of fused-ring (bicyclic) bond motifs is 1. The number of ketones is 2. The summed E-state index contributed by atoms with van der Waals surface area (Å²) in [5.41, 5.74) is 2.60. The van der Waals surface area contributed by atoms with E-state index in [-0.39, 0.29) is 36.7 Å². The molecule has 7 heteroatoms. The molecule has 2 heterocycles. The highest BCUT2D eigenvalue weighted by Gasteiger charge is 2.44. The Bertz CT molecular complexity index is 1100. The van der Waals surface area contributed by atoms with Crippen LogP contribution in [0.2, 0.25) is 10.0 Å². The minimum absolute atomic E-state index is 0.0268. The number of aryl methyl sites for hydroxylation is 2. The summed E-state index contributed by atoms with van der Waals surface area (Å²) in [6.07, 6.45) is 1.67. The molecule has 1 amide bonds. The molecule has 2 aromatic carbocycles. The fraction of sp³-hybridized carbons (Fsp3) is 0.400. The predicted molar refractivity (Wildman–Crippen MR) is 124 cm³/mol. The summed E-state index contributed by atoms with van der Waals surface area (Å²) < 4.78 is 6.22. The molecule has 168 valence electrons. The number of hydrogen-bond donors (Lipinski definition) is 0. The van der Waals surface area contributed by atoms with Crippen molar-refractivity contribution in [2.45, 2.75) is 51.6 Å². The number of nitrogens with zero attached hydrogens (tertiary/aromatic N) is 1. The van der Waals surface area contributed by atoms with Crippen LogP contribution in [0.4, 0.5) is 0 Å². The summed E-state index contributed by atoms with van der Waals surface area (Å²) in [6, 6.07) is 8.77. The van der Waals surface area contributed by atoms with E-state index in [0.717, 1.165) is 11.1 Å². The van der Waals surface area contributed by atoms with E-state index in [1.807, 2.05) is 32.0 Å². The average molecular weight is 474 g/mol. The van der Waals surface area contributed by atoms with Crippen LogP contribution in [0.25, 0.3) is 0 Å². The first-order valence-corrected chi connectivity index (χ1v) is 11.5. The number of hydrogen-bond acceptors (Lipinski definition) is 4. The van der Waals surface area contributed by atoms with Gasteiger partial charge in [-0.3, -0.25) is 14.4 Å². The third-order valence-corrected chi connectivity index (χ3v) is 7.03. The van der Waals surface area contributed by atoms with Crippen molar-refractivity contribution in [3.63, 3.8) is 0 Å². The number of likely N-dealkylation sites (tertiary alicyclic amines) is 1. The summed E-state index contributed by atoms with van der Waals surface area (Å²) >= 11 is 12.3. The van der Waals surface area contributed by atoms with Crippen LogP contribution in [-0.4, -0.2) is 41.1 Å². The monoisotopic (exact) mass is 473 g/mol. The molecule has 0 unspecified atom stereocenters. The molecule has 0 atom stereocenters. The maximum atomic E-state index is 12.7. The summed E-state index contributed by atoms with van der Waals surface area (Å²) in [4.78, 5) is 39.7. The van der Waals surface area contributed by atoms with Gasteiger partial charge in [-0.2, -0.15) is 0 Å². The molecule has 2 aliphatic heterocycles. The molecule has 5 nitrogen and oxygen atoms in total. The standard InChI is InChI=1S/C25H25Cl2NO4/c1-15-3-4-17(11-16(15)2)21(29)5-6-23(31)28-9-7-25(8-10-28)14-22(30)19-12-18(26)13-20(27)24(19)32-25/h3-4,11-13H,5-10,14H2,1-2H3. The van der Waals surface area contributed by atoms with Crippen LogP contribution in [0, 0.1) is 13.8 Å². The Morgan fingerprint density at radius 2 is 1.75 bits per heavy atom. The molecule has 1 saturated heterocycles. The highest BCUT2D eigenvalue weighted by atomic mass is 35.5. The minimum atomic E-state index is -0.659. The van der Waals surface area contributed by atoms with Gasteiger partial charge in [0.2, 0.25) is 5.91 Å². The van der Waals surface area contributed by atoms with Crippen molar-refractivity contribution in [3.05, 3.63) is 62.6 Å². The molecule has 2 aromatic rings. The Labute approximate surface area is 197 Å². The van der Waals surface area contributed by atoms with Gasteiger partial charge in [0.05, 0.1) is 17.0 Å². The average Bonchev–Trinajstić information content (AvgIpc) is 2.75. The lowest BCUT2D eigenvalue weighted by Gasteiger charge is -2.44. The Hall–Kier alpha value is -2.37. The fourth-order valence-corrected chi connectivity index (χ4v) is 4.92. The van der Waals surface area contributed by atoms with Crippen LogP contribution < -0.4 is 4.74 Å². The molecule has 0 bridgehead atoms. The fourth-order valence-electron chi connectivity index (χ4n) is 4.39. The van der Waals surface area contributed by atoms with Crippen molar-refractivity contribution in [1.82, 2.24) is 4.90 Å². The zero-order valence-corrected chi connectivity index (χ0v) is 19.7. The smallest absolute Gasteiger partial charge is 0.223 e. The van der Waals surface area contributed by atoms with Crippen molar-refractivity contribution in [1.29, 1.82) is 0 Å². The van der Waals surface area contributed by atoms with Crippen LogP contribution >= 0.6 is 23.2 Å². The highest BCUT2D eigenvalue weighted by molar-refractivity contribution is 6.36. The van der Waals surface area contributed by atoms with Gasteiger partial charge in [0, 0.05) is 49.4 Å². The molecule has 1 spiro atoms. The van der Waals surface area contributed by atoms with Gasteiger partial charge < -0.3 is 9.64 Å². The van der Waals surface area contributed by atoms with Crippen molar-refractivity contribution in [2.75, 3.05) is 13.1 Å². The molecular weight excluding hydrogens is 449 g/mol. The van der Waals surface area contributed by atoms with Crippen molar-refractivity contribution in [2.24, 2.45) is 0 Å². The second-order valence-corrected chi connectivity index (χ2v) is 9.60. The van der Waals surface area contributed by atoms with Gasteiger partial charge in [0.25, 0.3) is 0 Å². The number of benzene rings is 2. The normalized spacial score (nSPS) is 17.1. The third-order valence-electron chi connectivity index (χ3n) is 6.53. The van der Waals surface area contributed by atoms with Crippen molar-refractivity contribution < 1.29 is 19.1 Å². The number of Topliss-reactive ketones (excluding diaryl/α,β-unsaturated/α-hetero) is 2. The van der Waals surface area contributed by atoms with Gasteiger partial charge in [-0.05, 0) is 43.2 Å². The van der Waals surface area contributed by atoms with E-state index in [1.54, 1.807) is 17.0 Å². The number of amides is 1. The van der Waals surface area contributed by atoms with E-state index < -0.39 is 5.60 Å². The van der Waals surface area contributed by atoms with Crippen molar-refractivity contribution >= 4 is 40.7 Å². The summed E-state index contributed by atoms with van der Waals surface area (Å²) in [5, 5.41) is 0.723. The maximum Gasteiger partial charge on any atom is 0.223 e. The van der Waals surface area contributed by atoms with E-state index >= 15 is 0 Å². The van der Waals surface area contributed by atoms with E-state index in [9.17, 15) is 14.4 Å². The third kappa shape index (κ3) is 4.55. The van der Waals surface area contributed by atoms with E-state index in [4.69, 9.17) is 27.9 Å². The van der Waals surface area contributed by atoms with Gasteiger partial charge in [0.15, 0.2) is 11.6 Å². The second-order valence-electron chi connectivity index (χ2n) is 8.75. The zero-order valence-electron chi connectivity index (χ0n) is 18.2. The number of piperidine rings is 1. The molecule has 32 heavy (non-hydrogen) atoms. The van der Waals surface area contributed by atoms with Gasteiger partial charge in [-0.25, -0.2) is 0 Å². The lowest BCUT2D eigenvalue weighted by atomic mass is 9.82. The first-order valence-electron chi connectivity index (χ1n) is 10.8. The maximum absolute atomic E-state index is 12.7. The Morgan fingerprint density at radius 3 is 2.44 bits per heavy atom. The molecule has 0 radical (unpaired) electrons. The second kappa shape index (κ2) is 8.87. The Morgan fingerprint density at radius 1 is 1.03 bits per heavy atom. The van der Waals surface area contributed by atoms with Gasteiger partial charge in [-0.1, -0.05) is 35.3 Å². The van der Waals surface area contributed by atoms with Crippen LogP contribution in [0.15, 0.2) is 30.3 Å². The lowest BCUT2D eigenvalue weighted by Crippen LogP contribution is -2.52. The number of carbonyl (C=O) groups excluding carboxylic acids is 3. The highest BCUT2D eigenvalue weighted by Crippen LogP contribution is 2.44. The van der Waals surface area contributed by atoms with E-state index in [2.05, 4.69) is 0 Å². The predicted octanol–water partition coefficient (Wildman–Crippen LogP) is 5.60. The number of rotatable bonds is 4. The number of halogens is 2. The quantitative estimate of drug-likeness (QED) is 0.542. The molecule has 0 saturated carbocycles. The van der Waals surface area contributed by atoms with E-state index in [0.29, 0.717) is 52.9 Å². The molecule has 2 aliphatic rings. The molecule has 1 fully saturated rings. The Kier molecular flexibility index (Phi) is 6.33. The van der Waals surface area contributed by atoms with E-state index in [1.165, 1.54) is 0 Å². The SMILES string of the molecule is Cc1ccc(C(=O)CCC(=O)N2CCC3(CC2)CC(=O)c2cc(Cl)cc(Cl)c2O3)cc1C. The summed E-state index contributed by atoms with van der Waals surface area (Å²) in [7, 11) is 0. The number of carbonyl (C=O) groups is 3. The van der Waals surface area contributed by atoms with Crippen LogP contribution in [0.3, 0.4) is 0 Å². The van der Waals surface area contributed by atoms with Crippen molar-refractivity contribution in [3.8, 4) is 5.75 Å². The van der Waals surface area contributed by atoms with Gasteiger partial charge in [0.1, 0.15) is 11.4 Å². The molecular formula is C25H25Cl2NO4. The first kappa shape index (κ1) is 22.8. The molecule has 0 aliphatic carbocycles. The first-order chi connectivity index (χ1) is 15.2.